The zero-order valence-corrected chi connectivity index (χ0v) is 18.2. The van der Waals surface area contributed by atoms with Crippen molar-refractivity contribution in [2.45, 2.75) is 50.9 Å². The van der Waals surface area contributed by atoms with E-state index in [1.807, 2.05) is 34.9 Å². The largest absolute Gasteiger partial charge is 0.467 e. The molecule has 158 valence electrons. The second-order valence-corrected chi connectivity index (χ2v) is 9.01. The summed E-state index contributed by atoms with van der Waals surface area (Å²) in [7, 11) is 0. The molecule has 1 N–H and O–H groups in total. The lowest BCUT2D eigenvalue weighted by Gasteiger charge is -2.36. The molecule has 0 unspecified atom stereocenters. The summed E-state index contributed by atoms with van der Waals surface area (Å²) in [5.41, 5.74) is 0.666. The minimum atomic E-state index is -0.115. The Hall–Kier alpha value is -2.54. The SMILES string of the molecule is C[C@@H]1[C@H](C)CCC[C@@H]1n1c(SCC(=O)NCc2ccco2)nc2ccccc2c1=O. The lowest BCUT2D eigenvalue weighted by atomic mass is 9.78. The monoisotopic (exact) mass is 425 g/mol. The fraction of sp³-hybridized carbons (Fsp3) is 0.435. The number of nitrogens with zero attached hydrogens (tertiary/aromatic N) is 2. The lowest BCUT2D eigenvalue weighted by Crippen LogP contribution is -2.35. The number of thioether (sulfide) groups is 1. The summed E-state index contributed by atoms with van der Waals surface area (Å²) in [5, 5.41) is 4.11. The maximum absolute atomic E-state index is 13.4. The van der Waals surface area contributed by atoms with Gasteiger partial charge in [0.1, 0.15) is 5.76 Å². The fourth-order valence-corrected chi connectivity index (χ4v) is 5.10. The molecule has 0 bridgehead atoms. The highest BCUT2D eigenvalue weighted by atomic mass is 32.2. The zero-order chi connectivity index (χ0) is 21.1. The minimum Gasteiger partial charge on any atom is -0.467 e. The standard InChI is InChI=1S/C23H27N3O3S/c1-15-7-5-11-20(16(15)2)26-22(28)18-9-3-4-10-19(18)25-23(26)30-14-21(27)24-13-17-8-6-12-29-17/h3-4,6,8-10,12,15-16,20H,5,7,11,13-14H2,1-2H3,(H,24,27)/t15-,16-,20+/m1/s1. The predicted octanol–water partition coefficient (Wildman–Crippen LogP) is 4.40. The van der Waals surface area contributed by atoms with Gasteiger partial charge in [0, 0.05) is 6.04 Å². The Morgan fingerprint density at radius 2 is 2.07 bits per heavy atom. The number of rotatable bonds is 6. The van der Waals surface area contributed by atoms with E-state index < -0.39 is 0 Å². The van der Waals surface area contributed by atoms with Crippen molar-refractivity contribution in [3.05, 3.63) is 58.8 Å². The van der Waals surface area contributed by atoms with Gasteiger partial charge in [0.05, 0.1) is 29.5 Å². The molecule has 4 rings (SSSR count). The summed E-state index contributed by atoms with van der Waals surface area (Å²) in [6.07, 6.45) is 4.83. The van der Waals surface area contributed by atoms with Crippen LogP contribution in [-0.4, -0.2) is 21.2 Å². The smallest absolute Gasteiger partial charge is 0.262 e. The third kappa shape index (κ3) is 4.31. The Bertz CT molecular complexity index is 1080. The molecule has 0 saturated heterocycles. The van der Waals surface area contributed by atoms with Crippen molar-refractivity contribution in [2.75, 3.05) is 5.75 Å². The number of benzene rings is 1. The van der Waals surface area contributed by atoms with Crippen LogP contribution < -0.4 is 10.9 Å². The molecule has 1 saturated carbocycles. The molecule has 7 heteroatoms. The summed E-state index contributed by atoms with van der Waals surface area (Å²) in [6, 6.07) is 11.2. The second-order valence-electron chi connectivity index (χ2n) is 8.07. The van der Waals surface area contributed by atoms with E-state index >= 15 is 0 Å². The van der Waals surface area contributed by atoms with Gasteiger partial charge in [0.25, 0.3) is 5.56 Å². The zero-order valence-electron chi connectivity index (χ0n) is 17.3. The van der Waals surface area contributed by atoms with Crippen molar-refractivity contribution in [3.63, 3.8) is 0 Å². The second kappa shape index (κ2) is 9.08. The maximum atomic E-state index is 13.4. The molecule has 3 aromatic rings. The minimum absolute atomic E-state index is 0.00922. The van der Waals surface area contributed by atoms with Crippen LogP contribution in [0.4, 0.5) is 0 Å². The van der Waals surface area contributed by atoms with Crippen LogP contribution in [0.1, 0.15) is 44.9 Å². The summed E-state index contributed by atoms with van der Waals surface area (Å²) in [5.74, 6) is 1.72. The normalized spacial score (nSPS) is 21.6. The lowest BCUT2D eigenvalue weighted by molar-refractivity contribution is -0.118. The molecule has 2 aromatic heterocycles. The topological polar surface area (TPSA) is 77.1 Å². The fourth-order valence-electron chi connectivity index (χ4n) is 4.22. The van der Waals surface area contributed by atoms with E-state index in [4.69, 9.17) is 9.40 Å². The molecular formula is C23H27N3O3S. The van der Waals surface area contributed by atoms with Crippen LogP contribution in [0.25, 0.3) is 10.9 Å². The van der Waals surface area contributed by atoms with Gasteiger partial charge < -0.3 is 9.73 Å². The van der Waals surface area contributed by atoms with Crippen LogP contribution in [0, 0.1) is 11.8 Å². The van der Waals surface area contributed by atoms with Gasteiger partial charge in [0.15, 0.2) is 5.16 Å². The first-order chi connectivity index (χ1) is 14.5. The number of hydrogen-bond acceptors (Lipinski definition) is 5. The number of hydrogen-bond donors (Lipinski definition) is 1. The molecule has 2 heterocycles. The van der Waals surface area contributed by atoms with Gasteiger partial charge in [-0.15, -0.1) is 0 Å². The van der Waals surface area contributed by atoms with Crippen molar-refractivity contribution in [2.24, 2.45) is 11.8 Å². The van der Waals surface area contributed by atoms with Crippen molar-refractivity contribution < 1.29 is 9.21 Å². The number of nitrogens with one attached hydrogen (secondary N) is 1. The average Bonchev–Trinajstić information content (AvgIpc) is 3.27. The molecule has 3 atom stereocenters. The van der Waals surface area contributed by atoms with E-state index in [9.17, 15) is 9.59 Å². The number of carbonyl (C=O) groups is 1. The van der Waals surface area contributed by atoms with Crippen LogP contribution >= 0.6 is 11.8 Å². The molecule has 1 aromatic carbocycles. The van der Waals surface area contributed by atoms with E-state index in [1.165, 1.54) is 18.2 Å². The Labute approximate surface area is 180 Å². The Morgan fingerprint density at radius 3 is 2.87 bits per heavy atom. The first kappa shape index (κ1) is 20.7. The summed E-state index contributed by atoms with van der Waals surface area (Å²) >= 11 is 1.33. The Morgan fingerprint density at radius 1 is 1.23 bits per heavy atom. The first-order valence-electron chi connectivity index (χ1n) is 10.5. The summed E-state index contributed by atoms with van der Waals surface area (Å²) < 4.78 is 7.11. The number of aromatic nitrogens is 2. The van der Waals surface area contributed by atoms with Gasteiger partial charge in [-0.3, -0.25) is 14.2 Å². The summed E-state index contributed by atoms with van der Waals surface area (Å²) in [4.78, 5) is 30.6. The number of para-hydroxylation sites is 1. The molecule has 6 nitrogen and oxygen atoms in total. The van der Waals surface area contributed by atoms with Crippen molar-refractivity contribution >= 4 is 28.6 Å². The first-order valence-corrected chi connectivity index (χ1v) is 11.5. The van der Waals surface area contributed by atoms with E-state index in [0.29, 0.717) is 40.2 Å². The van der Waals surface area contributed by atoms with Gasteiger partial charge in [-0.25, -0.2) is 4.98 Å². The molecule has 0 spiro atoms. The molecule has 1 aliphatic rings. The van der Waals surface area contributed by atoms with Crippen LogP contribution in [0.2, 0.25) is 0 Å². The van der Waals surface area contributed by atoms with E-state index in [0.717, 1.165) is 12.8 Å². The van der Waals surface area contributed by atoms with Crippen molar-refractivity contribution in [3.8, 4) is 0 Å². The molecular weight excluding hydrogens is 398 g/mol. The highest BCUT2D eigenvalue weighted by Crippen LogP contribution is 2.38. The molecule has 0 radical (unpaired) electrons. The number of carbonyl (C=O) groups excluding carboxylic acids is 1. The average molecular weight is 426 g/mol. The Balaban J connectivity index is 1.60. The molecule has 1 fully saturated rings. The molecule has 1 amide bonds. The van der Waals surface area contributed by atoms with Crippen LogP contribution in [0.3, 0.4) is 0 Å². The maximum Gasteiger partial charge on any atom is 0.262 e. The van der Waals surface area contributed by atoms with Gasteiger partial charge in [-0.1, -0.05) is 50.6 Å². The molecule has 1 aliphatic carbocycles. The van der Waals surface area contributed by atoms with Gasteiger partial charge >= 0.3 is 0 Å². The van der Waals surface area contributed by atoms with Crippen LogP contribution in [-0.2, 0) is 11.3 Å². The third-order valence-electron chi connectivity index (χ3n) is 6.14. The van der Waals surface area contributed by atoms with Crippen LogP contribution in [0.15, 0.2) is 57.0 Å². The van der Waals surface area contributed by atoms with E-state index in [-0.39, 0.29) is 23.3 Å². The van der Waals surface area contributed by atoms with Gasteiger partial charge in [0.2, 0.25) is 5.91 Å². The predicted molar refractivity (Wildman–Crippen MR) is 118 cm³/mol. The van der Waals surface area contributed by atoms with Crippen molar-refractivity contribution in [1.29, 1.82) is 0 Å². The number of furan rings is 1. The van der Waals surface area contributed by atoms with E-state index in [2.05, 4.69) is 19.2 Å². The van der Waals surface area contributed by atoms with Crippen molar-refractivity contribution in [1.82, 2.24) is 14.9 Å². The summed E-state index contributed by atoms with van der Waals surface area (Å²) in [6.45, 7) is 4.83. The Kier molecular flexibility index (Phi) is 6.27. The van der Waals surface area contributed by atoms with E-state index in [1.54, 1.807) is 12.3 Å². The number of fused-ring (bicyclic) bond motifs is 1. The highest BCUT2D eigenvalue weighted by molar-refractivity contribution is 7.99. The van der Waals surface area contributed by atoms with Gasteiger partial charge in [-0.05, 0) is 42.5 Å². The van der Waals surface area contributed by atoms with Crippen LogP contribution in [0.5, 0.6) is 0 Å². The van der Waals surface area contributed by atoms with Gasteiger partial charge in [-0.2, -0.15) is 0 Å². The highest BCUT2D eigenvalue weighted by Gasteiger charge is 2.31. The molecule has 0 aliphatic heterocycles. The third-order valence-corrected chi connectivity index (χ3v) is 7.10. The number of amides is 1. The molecule has 30 heavy (non-hydrogen) atoms. The quantitative estimate of drug-likeness (QED) is 0.468.